The Kier molecular flexibility index (Phi) is 3.01. The van der Waals surface area contributed by atoms with Crippen LogP contribution in [0.3, 0.4) is 0 Å². The maximum absolute atomic E-state index is 13.1. The van der Waals surface area contributed by atoms with Gasteiger partial charge in [-0.15, -0.1) is 11.3 Å². The normalized spacial score (nSPS) is 16.2. The molecule has 0 N–H and O–H groups in total. The van der Waals surface area contributed by atoms with Gasteiger partial charge in [-0.05, 0) is 42.5 Å². The summed E-state index contributed by atoms with van der Waals surface area (Å²) in [6.07, 6.45) is 1.95. The van der Waals surface area contributed by atoms with Gasteiger partial charge in [0.05, 0.1) is 11.5 Å². The highest BCUT2D eigenvalue weighted by Crippen LogP contribution is 2.27. The minimum Gasteiger partial charge on any atom is -0.271 e. The number of fused-ring (bicyclic) bond motifs is 1. The molecule has 0 saturated carbocycles. The first-order valence-electron chi connectivity index (χ1n) is 5.88. The lowest BCUT2D eigenvalue weighted by Gasteiger charge is -2.25. The lowest BCUT2D eigenvalue weighted by molar-refractivity contribution is -0.143. The first kappa shape index (κ1) is 11.6. The van der Waals surface area contributed by atoms with Crippen molar-refractivity contribution in [3.63, 3.8) is 0 Å². The number of rotatable bonds is 1. The van der Waals surface area contributed by atoms with Gasteiger partial charge in [0.25, 0.3) is 5.91 Å². The molecule has 1 aliphatic heterocycles. The summed E-state index contributed by atoms with van der Waals surface area (Å²) in [5, 5.41) is 2.17. The van der Waals surface area contributed by atoms with Gasteiger partial charge in [0.2, 0.25) is 0 Å². The van der Waals surface area contributed by atoms with E-state index in [1.165, 1.54) is 28.5 Å². The molecule has 3 nitrogen and oxygen atoms in total. The molecule has 1 fully saturated rings. The zero-order valence-electron chi connectivity index (χ0n) is 9.69. The van der Waals surface area contributed by atoms with Gasteiger partial charge in [-0.1, -0.05) is 0 Å². The van der Waals surface area contributed by atoms with E-state index >= 15 is 0 Å². The van der Waals surface area contributed by atoms with Crippen molar-refractivity contribution in [2.45, 2.75) is 12.8 Å². The van der Waals surface area contributed by atoms with Crippen LogP contribution in [-0.4, -0.2) is 24.1 Å². The van der Waals surface area contributed by atoms with Gasteiger partial charge >= 0.3 is 0 Å². The highest BCUT2D eigenvalue weighted by Gasteiger charge is 2.21. The van der Waals surface area contributed by atoms with Crippen molar-refractivity contribution in [2.24, 2.45) is 0 Å². The average Bonchev–Trinajstić information content (AvgIpc) is 2.81. The second kappa shape index (κ2) is 4.66. The molecule has 1 amide bonds. The summed E-state index contributed by atoms with van der Waals surface area (Å²) in [7, 11) is 0. The largest absolute Gasteiger partial charge is 0.287 e. The van der Waals surface area contributed by atoms with E-state index in [9.17, 15) is 9.18 Å². The van der Waals surface area contributed by atoms with Crippen molar-refractivity contribution < 1.29 is 14.0 Å². The van der Waals surface area contributed by atoms with Crippen LogP contribution in [0.5, 0.6) is 0 Å². The van der Waals surface area contributed by atoms with Crippen LogP contribution in [-0.2, 0) is 4.84 Å². The fourth-order valence-electron chi connectivity index (χ4n) is 2.00. The van der Waals surface area contributed by atoms with E-state index in [0.717, 1.165) is 22.9 Å². The molecule has 1 aromatic heterocycles. The zero-order chi connectivity index (χ0) is 12.5. The predicted octanol–water partition coefficient (Wildman–Crippen LogP) is 3.21. The molecule has 3 rings (SSSR count). The number of nitrogens with zero attached hydrogens (tertiary/aromatic N) is 1. The van der Waals surface area contributed by atoms with Crippen LogP contribution >= 0.6 is 11.3 Å². The smallest absolute Gasteiger partial charge is 0.271 e. The molecule has 18 heavy (non-hydrogen) atoms. The van der Waals surface area contributed by atoms with E-state index in [1.54, 1.807) is 12.1 Å². The number of carbonyl (C=O) groups excluding carboxylic acids is 1. The van der Waals surface area contributed by atoms with Crippen LogP contribution in [0.25, 0.3) is 10.1 Å². The van der Waals surface area contributed by atoms with Gasteiger partial charge < -0.3 is 0 Å². The summed E-state index contributed by atoms with van der Waals surface area (Å²) < 4.78 is 14.0. The number of hydrogen-bond acceptors (Lipinski definition) is 3. The highest BCUT2D eigenvalue weighted by atomic mass is 32.1. The number of carbonyl (C=O) groups is 1. The third-order valence-corrected chi connectivity index (χ3v) is 4.02. The van der Waals surface area contributed by atoms with E-state index in [4.69, 9.17) is 4.84 Å². The number of halogens is 1. The highest BCUT2D eigenvalue weighted by molar-refractivity contribution is 7.20. The Balaban J connectivity index is 1.91. The lowest BCUT2D eigenvalue weighted by Crippen LogP contribution is -2.35. The summed E-state index contributed by atoms with van der Waals surface area (Å²) in [6, 6.07) is 6.27. The number of amides is 1. The second-order valence-electron chi connectivity index (χ2n) is 4.24. The molecule has 94 valence electrons. The maximum Gasteiger partial charge on any atom is 0.287 e. The van der Waals surface area contributed by atoms with Crippen LogP contribution in [0, 0.1) is 5.82 Å². The second-order valence-corrected chi connectivity index (χ2v) is 5.32. The van der Waals surface area contributed by atoms with Crippen LogP contribution in [0.15, 0.2) is 24.3 Å². The summed E-state index contributed by atoms with van der Waals surface area (Å²) in [5.41, 5.74) is 0. The van der Waals surface area contributed by atoms with Crippen LogP contribution in [0.1, 0.15) is 22.5 Å². The van der Waals surface area contributed by atoms with Crippen molar-refractivity contribution >= 4 is 27.3 Å². The molecule has 0 radical (unpaired) electrons. The number of hydrogen-bond donors (Lipinski definition) is 0. The SMILES string of the molecule is O=C(c1cc2cc(F)ccc2s1)N1CCCCO1. The van der Waals surface area contributed by atoms with Gasteiger partial charge in [0.15, 0.2) is 0 Å². The summed E-state index contributed by atoms with van der Waals surface area (Å²) >= 11 is 1.37. The summed E-state index contributed by atoms with van der Waals surface area (Å²) in [6.45, 7) is 1.21. The maximum atomic E-state index is 13.1. The summed E-state index contributed by atoms with van der Waals surface area (Å²) in [5.74, 6) is -0.412. The topological polar surface area (TPSA) is 29.5 Å². The molecule has 1 aromatic carbocycles. The molecule has 0 spiro atoms. The molecule has 2 aromatic rings. The van der Waals surface area contributed by atoms with Gasteiger partial charge in [0, 0.05) is 11.2 Å². The zero-order valence-corrected chi connectivity index (χ0v) is 10.5. The fraction of sp³-hybridized carbons (Fsp3) is 0.308. The molecule has 0 bridgehead atoms. The first-order valence-corrected chi connectivity index (χ1v) is 6.69. The Morgan fingerprint density at radius 2 is 2.22 bits per heavy atom. The molecule has 0 aliphatic carbocycles. The molecule has 5 heteroatoms. The Bertz CT molecular complexity index is 590. The summed E-state index contributed by atoms with van der Waals surface area (Å²) in [4.78, 5) is 18.1. The van der Waals surface area contributed by atoms with Gasteiger partial charge in [0.1, 0.15) is 5.82 Å². The van der Waals surface area contributed by atoms with E-state index in [1.807, 2.05) is 0 Å². The van der Waals surface area contributed by atoms with E-state index in [-0.39, 0.29) is 11.7 Å². The molecular formula is C13H12FNO2S. The Labute approximate surface area is 108 Å². The molecule has 0 atom stereocenters. The van der Waals surface area contributed by atoms with Crippen molar-refractivity contribution in [3.05, 3.63) is 35.0 Å². The van der Waals surface area contributed by atoms with Crippen LogP contribution < -0.4 is 0 Å². The van der Waals surface area contributed by atoms with Gasteiger partial charge in [-0.3, -0.25) is 9.63 Å². The first-order chi connectivity index (χ1) is 8.74. The molecular weight excluding hydrogens is 253 g/mol. The van der Waals surface area contributed by atoms with Crippen molar-refractivity contribution in [1.29, 1.82) is 0 Å². The van der Waals surface area contributed by atoms with Crippen molar-refractivity contribution in [3.8, 4) is 0 Å². The van der Waals surface area contributed by atoms with Gasteiger partial charge in [-0.2, -0.15) is 0 Å². The minimum absolute atomic E-state index is 0.128. The van der Waals surface area contributed by atoms with Crippen LogP contribution in [0.4, 0.5) is 4.39 Å². The van der Waals surface area contributed by atoms with Crippen molar-refractivity contribution in [1.82, 2.24) is 5.06 Å². The monoisotopic (exact) mass is 265 g/mol. The van der Waals surface area contributed by atoms with Crippen LogP contribution in [0.2, 0.25) is 0 Å². The van der Waals surface area contributed by atoms with Gasteiger partial charge in [-0.25, -0.2) is 9.45 Å². The Morgan fingerprint density at radius 1 is 1.33 bits per heavy atom. The fourth-order valence-corrected chi connectivity index (χ4v) is 2.98. The predicted molar refractivity (Wildman–Crippen MR) is 68.0 cm³/mol. The quantitative estimate of drug-likeness (QED) is 0.792. The Morgan fingerprint density at radius 3 is 3.00 bits per heavy atom. The third-order valence-electron chi connectivity index (χ3n) is 2.92. The van der Waals surface area contributed by atoms with Crippen molar-refractivity contribution in [2.75, 3.05) is 13.2 Å². The molecule has 1 aliphatic rings. The van der Waals surface area contributed by atoms with E-state index in [0.29, 0.717) is 18.0 Å². The number of thiophene rings is 1. The molecule has 0 unspecified atom stereocenters. The third kappa shape index (κ3) is 2.11. The standard InChI is InChI=1S/C13H12FNO2S/c14-10-3-4-11-9(7-10)8-12(18-11)13(16)15-5-1-2-6-17-15/h3-4,7-8H,1-2,5-6H2. The lowest BCUT2D eigenvalue weighted by atomic mass is 10.2. The molecule has 1 saturated heterocycles. The average molecular weight is 265 g/mol. The number of hydroxylamine groups is 2. The van der Waals surface area contributed by atoms with E-state index in [2.05, 4.69) is 0 Å². The number of benzene rings is 1. The molecule has 2 heterocycles. The van der Waals surface area contributed by atoms with E-state index < -0.39 is 0 Å². The Hall–Kier alpha value is -1.46. The minimum atomic E-state index is -0.284.